The van der Waals surface area contributed by atoms with Crippen LogP contribution >= 0.6 is 11.8 Å². The van der Waals surface area contributed by atoms with Crippen LogP contribution in [-0.2, 0) is 0 Å². The van der Waals surface area contributed by atoms with E-state index in [9.17, 15) is 0 Å². The van der Waals surface area contributed by atoms with E-state index in [0.29, 0.717) is 5.92 Å². The van der Waals surface area contributed by atoms with E-state index in [1.165, 1.54) is 12.2 Å². The minimum atomic E-state index is 0.355. The Morgan fingerprint density at radius 3 is 2.85 bits per heavy atom. The minimum absolute atomic E-state index is 0.355. The van der Waals surface area contributed by atoms with Gasteiger partial charge in [0.05, 0.1) is 0 Å². The third-order valence-corrected chi connectivity index (χ3v) is 4.89. The van der Waals surface area contributed by atoms with E-state index in [0.717, 1.165) is 42.3 Å². The van der Waals surface area contributed by atoms with Crippen LogP contribution in [0.3, 0.4) is 0 Å². The number of hydrogen-bond acceptors (Lipinski definition) is 5. The number of aromatic nitrogens is 2. The van der Waals surface area contributed by atoms with E-state index in [2.05, 4.69) is 60.7 Å². The van der Waals surface area contributed by atoms with Gasteiger partial charge in [0.25, 0.3) is 0 Å². The van der Waals surface area contributed by atoms with Gasteiger partial charge in [-0.2, -0.15) is 11.8 Å². The van der Waals surface area contributed by atoms with Crippen molar-refractivity contribution in [3.8, 4) is 0 Å². The van der Waals surface area contributed by atoms with Crippen molar-refractivity contribution in [2.45, 2.75) is 45.3 Å². The van der Waals surface area contributed by atoms with Crippen molar-refractivity contribution in [3.63, 3.8) is 0 Å². The van der Waals surface area contributed by atoms with Gasteiger partial charge in [0.2, 0.25) is 0 Å². The van der Waals surface area contributed by atoms with Gasteiger partial charge in [0.1, 0.15) is 17.5 Å². The first-order chi connectivity index (χ1) is 9.63. The molecule has 5 heteroatoms. The number of nitrogens with zero attached hydrogens (tertiary/aromatic N) is 3. The summed E-state index contributed by atoms with van der Waals surface area (Å²) in [6.07, 6.45) is 1.23. The summed E-state index contributed by atoms with van der Waals surface area (Å²) in [5.41, 5.74) is 0. The molecule has 1 aromatic heterocycles. The lowest BCUT2D eigenvalue weighted by Crippen LogP contribution is -2.38. The van der Waals surface area contributed by atoms with Crippen LogP contribution in [-0.4, -0.2) is 40.6 Å². The molecule has 112 valence electrons. The van der Waals surface area contributed by atoms with Gasteiger partial charge in [-0.15, -0.1) is 0 Å². The first-order valence-electron chi connectivity index (χ1n) is 7.63. The summed E-state index contributed by atoms with van der Waals surface area (Å²) in [7, 11) is 0. The van der Waals surface area contributed by atoms with Crippen LogP contribution in [0.15, 0.2) is 6.07 Å². The van der Waals surface area contributed by atoms with Crippen molar-refractivity contribution in [3.05, 3.63) is 11.9 Å². The Balaban J connectivity index is 2.24. The highest BCUT2D eigenvalue weighted by molar-refractivity contribution is 8.00. The monoisotopic (exact) mass is 294 g/mol. The third kappa shape index (κ3) is 3.78. The largest absolute Gasteiger partial charge is 0.370 e. The third-order valence-electron chi connectivity index (χ3n) is 3.52. The molecule has 0 spiro atoms. The van der Waals surface area contributed by atoms with Crippen LogP contribution in [0.4, 0.5) is 11.6 Å². The molecule has 1 aliphatic heterocycles. The van der Waals surface area contributed by atoms with Crippen molar-refractivity contribution in [1.82, 2.24) is 9.97 Å². The standard InChI is InChI=1S/C15H26N4S/c1-5-12-10-19(7-8-20-12)14-9-13(16-6-2)17-15(18-14)11(3)4/h9,11-12H,5-8,10H2,1-4H3,(H,16,17,18). The fourth-order valence-electron chi connectivity index (χ4n) is 2.32. The maximum Gasteiger partial charge on any atom is 0.135 e. The lowest BCUT2D eigenvalue weighted by Gasteiger charge is -2.33. The quantitative estimate of drug-likeness (QED) is 0.902. The van der Waals surface area contributed by atoms with Crippen LogP contribution in [0.5, 0.6) is 0 Å². The van der Waals surface area contributed by atoms with Crippen LogP contribution in [0.25, 0.3) is 0 Å². The number of anilines is 2. The van der Waals surface area contributed by atoms with Gasteiger partial charge in [0.15, 0.2) is 0 Å². The molecule has 0 aliphatic carbocycles. The first-order valence-corrected chi connectivity index (χ1v) is 8.68. The van der Waals surface area contributed by atoms with Gasteiger partial charge < -0.3 is 10.2 Å². The molecule has 2 rings (SSSR count). The molecule has 2 heterocycles. The Kier molecular flexibility index (Phi) is 5.52. The summed E-state index contributed by atoms with van der Waals surface area (Å²) >= 11 is 2.09. The smallest absolute Gasteiger partial charge is 0.135 e. The molecular formula is C15H26N4S. The predicted octanol–water partition coefficient (Wildman–Crippen LogP) is 3.36. The molecule has 1 aromatic rings. The summed E-state index contributed by atoms with van der Waals surface area (Å²) in [6, 6.07) is 2.10. The van der Waals surface area contributed by atoms with Gasteiger partial charge in [-0.1, -0.05) is 20.8 Å². The van der Waals surface area contributed by atoms with E-state index >= 15 is 0 Å². The first kappa shape index (κ1) is 15.4. The van der Waals surface area contributed by atoms with Crippen molar-refractivity contribution < 1.29 is 0 Å². The van der Waals surface area contributed by atoms with Gasteiger partial charge >= 0.3 is 0 Å². The SMILES string of the molecule is CCNc1cc(N2CCSC(CC)C2)nc(C(C)C)n1. The number of nitrogens with one attached hydrogen (secondary N) is 1. The zero-order valence-electron chi connectivity index (χ0n) is 13.0. The van der Waals surface area contributed by atoms with Crippen molar-refractivity contribution in [2.75, 3.05) is 35.6 Å². The maximum atomic E-state index is 4.77. The lowest BCUT2D eigenvalue weighted by atomic mass is 10.2. The molecule has 1 atom stereocenters. The molecule has 0 amide bonds. The summed E-state index contributed by atoms with van der Waals surface area (Å²) in [6.45, 7) is 11.7. The summed E-state index contributed by atoms with van der Waals surface area (Å²) in [5.74, 6) is 4.51. The fourth-order valence-corrected chi connectivity index (χ4v) is 3.50. The molecule has 1 N–H and O–H groups in total. The minimum Gasteiger partial charge on any atom is -0.370 e. The highest BCUT2D eigenvalue weighted by atomic mass is 32.2. The molecule has 0 saturated carbocycles. The van der Waals surface area contributed by atoms with Crippen molar-refractivity contribution in [1.29, 1.82) is 0 Å². The van der Waals surface area contributed by atoms with E-state index in [-0.39, 0.29) is 0 Å². The Hall–Kier alpha value is -0.970. The summed E-state index contributed by atoms with van der Waals surface area (Å²) < 4.78 is 0. The van der Waals surface area contributed by atoms with Crippen LogP contribution < -0.4 is 10.2 Å². The van der Waals surface area contributed by atoms with Crippen molar-refractivity contribution in [2.24, 2.45) is 0 Å². The molecule has 4 nitrogen and oxygen atoms in total. The molecule has 0 bridgehead atoms. The van der Waals surface area contributed by atoms with E-state index in [4.69, 9.17) is 4.98 Å². The molecule has 1 saturated heterocycles. The number of thioether (sulfide) groups is 1. The summed E-state index contributed by atoms with van der Waals surface area (Å²) in [4.78, 5) is 11.8. The Morgan fingerprint density at radius 1 is 1.40 bits per heavy atom. The molecule has 1 unspecified atom stereocenters. The molecule has 1 fully saturated rings. The van der Waals surface area contributed by atoms with Gasteiger partial charge in [-0.3, -0.25) is 0 Å². The molecule has 0 radical (unpaired) electrons. The van der Waals surface area contributed by atoms with Gasteiger partial charge in [0, 0.05) is 42.6 Å². The molecule has 20 heavy (non-hydrogen) atoms. The predicted molar refractivity (Wildman–Crippen MR) is 89.0 cm³/mol. The van der Waals surface area contributed by atoms with Crippen LogP contribution in [0.2, 0.25) is 0 Å². The number of rotatable bonds is 5. The second-order valence-corrected chi connectivity index (χ2v) is 6.91. The second-order valence-electron chi connectivity index (χ2n) is 5.50. The van der Waals surface area contributed by atoms with Gasteiger partial charge in [-0.25, -0.2) is 9.97 Å². The Labute approximate surface area is 126 Å². The number of hydrogen-bond donors (Lipinski definition) is 1. The van der Waals surface area contributed by atoms with Crippen LogP contribution in [0, 0.1) is 0 Å². The van der Waals surface area contributed by atoms with E-state index in [1.807, 2.05) is 0 Å². The zero-order chi connectivity index (χ0) is 14.5. The maximum absolute atomic E-state index is 4.77. The van der Waals surface area contributed by atoms with E-state index in [1.54, 1.807) is 0 Å². The summed E-state index contributed by atoms with van der Waals surface area (Å²) in [5, 5.41) is 4.05. The highest BCUT2D eigenvalue weighted by Crippen LogP contribution is 2.26. The average molecular weight is 294 g/mol. The lowest BCUT2D eigenvalue weighted by molar-refractivity contribution is 0.705. The fraction of sp³-hybridized carbons (Fsp3) is 0.733. The molecule has 1 aliphatic rings. The van der Waals surface area contributed by atoms with Gasteiger partial charge in [-0.05, 0) is 13.3 Å². The van der Waals surface area contributed by atoms with Crippen molar-refractivity contribution >= 4 is 23.4 Å². The van der Waals surface area contributed by atoms with E-state index < -0.39 is 0 Å². The van der Waals surface area contributed by atoms with Crippen LogP contribution in [0.1, 0.15) is 45.9 Å². The zero-order valence-corrected chi connectivity index (χ0v) is 13.8. The second kappa shape index (κ2) is 7.16. The topological polar surface area (TPSA) is 41.0 Å². The molecule has 0 aromatic carbocycles. The Bertz CT molecular complexity index is 436. The highest BCUT2D eigenvalue weighted by Gasteiger charge is 2.21. The molecular weight excluding hydrogens is 268 g/mol. The normalized spacial score (nSPS) is 19.4. The average Bonchev–Trinajstić information content (AvgIpc) is 2.47. The Morgan fingerprint density at radius 2 is 2.20 bits per heavy atom.